The predicted molar refractivity (Wildman–Crippen MR) is 133 cm³/mol. The third-order valence-corrected chi connectivity index (χ3v) is 6.49. The van der Waals surface area contributed by atoms with E-state index in [0.29, 0.717) is 55.4 Å². The molecular formula is C27H28N2O4S. The molecule has 0 N–H and O–H groups in total. The summed E-state index contributed by atoms with van der Waals surface area (Å²) in [5, 5.41) is 0. The smallest absolute Gasteiger partial charge is 0.253 e. The lowest BCUT2D eigenvalue weighted by Gasteiger charge is -2.35. The Bertz CT molecular complexity index is 1160. The van der Waals surface area contributed by atoms with Crippen molar-refractivity contribution in [3.8, 4) is 5.75 Å². The quantitative estimate of drug-likeness (QED) is 0.521. The average Bonchev–Trinajstić information content (AvgIpc) is 2.87. The number of hydrogen-bond acceptors (Lipinski definition) is 4. The number of benzene rings is 3. The molecule has 1 aliphatic heterocycles. The van der Waals surface area contributed by atoms with E-state index in [1.807, 2.05) is 60.7 Å². The van der Waals surface area contributed by atoms with Gasteiger partial charge in [0.25, 0.3) is 11.8 Å². The molecule has 3 aromatic carbocycles. The van der Waals surface area contributed by atoms with Gasteiger partial charge in [0, 0.05) is 60.1 Å². The molecule has 1 atom stereocenters. The molecule has 6 nitrogen and oxygen atoms in total. The molecule has 0 aliphatic carbocycles. The van der Waals surface area contributed by atoms with E-state index >= 15 is 0 Å². The first-order chi connectivity index (χ1) is 16.5. The zero-order valence-electron chi connectivity index (χ0n) is 19.2. The van der Waals surface area contributed by atoms with Gasteiger partial charge in [0.1, 0.15) is 12.4 Å². The van der Waals surface area contributed by atoms with E-state index in [9.17, 15) is 13.8 Å². The minimum absolute atomic E-state index is 0.0471. The third kappa shape index (κ3) is 6.11. The summed E-state index contributed by atoms with van der Waals surface area (Å²) in [5.74, 6) is 1.04. The van der Waals surface area contributed by atoms with Gasteiger partial charge in [-0.3, -0.25) is 13.8 Å². The number of carbonyl (C=O) groups is 2. The van der Waals surface area contributed by atoms with Gasteiger partial charge in [0.05, 0.1) is 0 Å². The number of rotatable bonds is 7. The number of nitrogens with zero attached hydrogens (tertiary/aromatic N) is 2. The Kier molecular flexibility index (Phi) is 7.75. The molecule has 0 saturated carbocycles. The molecule has 0 radical (unpaired) electrons. The van der Waals surface area contributed by atoms with Gasteiger partial charge in [-0.2, -0.15) is 0 Å². The van der Waals surface area contributed by atoms with Crippen LogP contribution >= 0.6 is 0 Å². The first-order valence-electron chi connectivity index (χ1n) is 11.2. The van der Waals surface area contributed by atoms with Crippen LogP contribution in [-0.2, 0) is 23.2 Å². The van der Waals surface area contributed by atoms with Crippen LogP contribution in [0.15, 0.2) is 78.9 Å². The number of hydrogen-bond donors (Lipinski definition) is 0. The van der Waals surface area contributed by atoms with Gasteiger partial charge in [-0.25, -0.2) is 0 Å². The number of piperazine rings is 1. The zero-order chi connectivity index (χ0) is 23.9. The van der Waals surface area contributed by atoms with E-state index in [4.69, 9.17) is 4.74 Å². The maximum atomic E-state index is 12.9. The molecule has 1 saturated heterocycles. The number of amides is 2. The van der Waals surface area contributed by atoms with Crippen LogP contribution in [0.4, 0.5) is 0 Å². The highest BCUT2D eigenvalue weighted by atomic mass is 32.2. The highest BCUT2D eigenvalue weighted by Gasteiger charge is 2.25. The maximum Gasteiger partial charge on any atom is 0.253 e. The van der Waals surface area contributed by atoms with Gasteiger partial charge < -0.3 is 14.5 Å². The first-order valence-corrected chi connectivity index (χ1v) is 13.0. The summed E-state index contributed by atoms with van der Waals surface area (Å²) in [6.07, 6.45) is 1.65. The summed E-state index contributed by atoms with van der Waals surface area (Å²) in [5.41, 5.74) is 3.17. The van der Waals surface area contributed by atoms with Crippen molar-refractivity contribution in [2.45, 2.75) is 12.4 Å². The van der Waals surface area contributed by atoms with Crippen molar-refractivity contribution in [2.24, 2.45) is 0 Å². The van der Waals surface area contributed by atoms with Crippen LogP contribution in [0, 0.1) is 0 Å². The molecule has 34 heavy (non-hydrogen) atoms. The van der Waals surface area contributed by atoms with Crippen molar-refractivity contribution in [3.05, 3.63) is 101 Å². The second kappa shape index (κ2) is 11.1. The summed E-state index contributed by atoms with van der Waals surface area (Å²) in [6, 6.07) is 24.4. The van der Waals surface area contributed by atoms with Crippen LogP contribution < -0.4 is 4.74 Å². The van der Waals surface area contributed by atoms with Gasteiger partial charge in [0.15, 0.2) is 0 Å². The molecule has 3 aromatic rings. The van der Waals surface area contributed by atoms with Crippen molar-refractivity contribution in [1.82, 2.24) is 9.80 Å². The van der Waals surface area contributed by atoms with E-state index in [2.05, 4.69) is 0 Å². The molecule has 1 fully saturated rings. The van der Waals surface area contributed by atoms with Gasteiger partial charge in [-0.15, -0.1) is 0 Å². The Morgan fingerprint density at radius 2 is 1.35 bits per heavy atom. The van der Waals surface area contributed by atoms with Crippen LogP contribution in [0.3, 0.4) is 0 Å². The zero-order valence-corrected chi connectivity index (χ0v) is 20.0. The normalized spacial score (nSPS) is 14.5. The Hall–Kier alpha value is -3.45. The minimum atomic E-state index is -0.960. The summed E-state index contributed by atoms with van der Waals surface area (Å²) < 4.78 is 17.3. The minimum Gasteiger partial charge on any atom is -0.489 e. The standard InChI is InChI=1S/C27H28N2O4S/c1-34(32)20-22-8-5-9-24(18-22)27(31)29-16-14-28(15-17-29)26(30)23-10-12-25(13-11-23)33-19-21-6-3-2-4-7-21/h2-13,18H,14-17,19-20H2,1H3. The number of carbonyl (C=O) groups excluding carboxylic acids is 2. The van der Waals surface area contributed by atoms with Crippen LogP contribution in [0.2, 0.25) is 0 Å². The summed E-state index contributed by atoms with van der Waals surface area (Å²) in [6.45, 7) is 2.40. The molecule has 0 bridgehead atoms. The summed E-state index contributed by atoms with van der Waals surface area (Å²) in [4.78, 5) is 29.4. The molecule has 0 aromatic heterocycles. The van der Waals surface area contributed by atoms with Crippen LogP contribution in [-0.4, -0.2) is 58.3 Å². The van der Waals surface area contributed by atoms with Gasteiger partial charge in [-0.1, -0.05) is 42.5 Å². The monoisotopic (exact) mass is 476 g/mol. The molecule has 176 valence electrons. The fraction of sp³-hybridized carbons (Fsp3) is 0.259. The lowest BCUT2D eigenvalue weighted by Crippen LogP contribution is -2.50. The van der Waals surface area contributed by atoms with E-state index in [1.54, 1.807) is 34.3 Å². The Morgan fingerprint density at radius 1 is 0.765 bits per heavy atom. The molecule has 1 heterocycles. The highest BCUT2D eigenvalue weighted by molar-refractivity contribution is 7.83. The predicted octanol–water partition coefficient (Wildman–Crippen LogP) is 3.74. The average molecular weight is 477 g/mol. The molecule has 1 aliphatic rings. The van der Waals surface area contributed by atoms with E-state index < -0.39 is 10.8 Å². The van der Waals surface area contributed by atoms with Crippen molar-refractivity contribution >= 4 is 22.6 Å². The fourth-order valence-electron chi connectivity index (χ4n) is 3.94. The fourth-order valence-corrected chi connectivity index (χ4v) is 4.59. The molecule has 4 rings (SSSR count). The molecule has 1 unspecified atom stereocenters. The molecular weight excluding hydrogens is 448 g/mol. The van der Waals surface area contributed by atoms with E-state index in [0.717, 1.165) is 11.1 Å². The largest absolute Gasteiger partial charge is 0.489 e. The lowest BCUT2D eigenvalue weighted by atomic mass is 10.1. The van der Waals surface area contributed by atoms with Crippen molar-refractivity contribution in [2.75, 3.05) is 32.4 Å². The van der Waals surface area contributed by atoms with Gasteiger partial charge in [-0.05, 0) is 47.5 Å². The SMILES string of the molecule is CS(=O)Cc1cccc(C(=O)N2CCN(C(=O)c3ccc(OCc4ccccc4)cc3)CC2)c1. The van der Waals surface area contributed by atoms with Crippen LogP contribution in [0.25, 0.3) is 0 Å². The summed E-state index contributed by atoms with van der Waals surface area (Å²) in [7, 11) is -0.960. The molecule has 0 spiro atoms. The van der Waals surface area contributed by atoms with Crippen LogP contribution in [0.5, 0.6) is 5.75 Å². The third-order valence-electron chi connectivity index (χ3n) is 5.75. The van der Waals surface area contributed by atoms with Crippen LogP contribution in [0.1, 0.15) is 31.8 Å². The maximum absolute atomic E-state index is 12.9. The number of ether oxygens (including phenoxy) is 1. The van der Waals surface area contributed by atoms with E-state index in [1.165, 1.54) is 0 Å². The van der Waals surface area contributed by atoms with E-state index in [-0.39, 0.29) is 11.8 Å². The van der Waals surface area contributed by atoms with Crippen molar-refractivity contribution in [1.29, 1.82) is 0 Å². The lowest BCUT2D eigenvalue weighted by molar-refractivity contribution is 0.0535. The first kappa shape index (κ1) is 23.7. The Morgan fingerprint density at radius 3 is 1.97 bits per heavy atom. The van der Waals surface area contributed by atoms with Crippen molar-refractivity contribution < 1.29 is 18.5 Å². The second-order valence-corrected chi connectivity index (χ2v) is 9.74. The van der Waals surface area contributed by atoms with Crippen molar-refractivity contribution in [3.63, 3.8) is 0 Å². The second-order valence-electron chi connectivity index (χ2n) is 8.30. The van der Waals surface area contributed by atoms with Gasteiger partial charge in [0.2, 0.25) is 0 Å². The Labute approximate surface area is 202 Å². The molecule has 7 heteroatoms. The topological polar surface area (TPSA) is 66.9 Å². The highest BCUT2D eigenvalue weighted by Crippen LogP contribution is 2.17. The Balaban J connectivity index is 1.30. The van der Waals surface area contributed by atoms with Gasteiger partial charge >= 0.3 is 0 Å². The summed E-state index contributed by atoms with van der Waals surface area (Å²) >= 11 is 0. The molecule has 2 amide bonds.